The van der Waals surface area contributed by atoms with Gasteiger partial charge < -0.3 is 5.32 Å². The predicted molar refractivity (Wildman–Crippen MR) is 73.5 cm³/mol. The zero-order valence-electron chi connectivity index (χ0n) is 10.4. The Morgan fingerprint density at radius 1 is 1.11 bits per heavy atom. The Morgan fingerprint density at radius 3 is 2.78 bits per heavy atom. The molecule has 2 unspecified atom stereocenters. The summed E-state index contributed by atoms with van der Waals surface area (Å²) in [6.07, 6.45) is 6.16. The first-order valence-electron chi connectivity index (χ1n) is 6.61. The smallest absolute Gasteiger partial charge is 0.0303 e. The highest BCUT2D eigenvalue weighted by Gasteiger charge is 2.28. The van der Waals surface area contributed by atoms with Crippen molar-refractivity contribution >= 4 is 0 Å². The molecule has 1 aliphatic rings. The average Bonchev–Trinajstić information content (AvgIpc) is 2.89. The van der Waals surface area contributed by atoms with Crippen molar-refractivity contribution in [2.45, 2.75) is 24.8 Å². The molecule has 1 fully saturated rings. The van der Waals surface area contributed by atoms with E-state index in [-0.39, 0.29) is 0 Å². The zero-order valence-corrected chi connectivity index (χ0v) is 10.4. The van der Waals surface area contributed by atoms with Gasteiger partial charge in [-0.05, 0) is 36.6 Å². The summed E-state index contributed by atoms with van der Waals surface area (Å²) in [4.78, 5) is 4.24. The molecular weight excluding hydrogens is 220 g/mol. The van der Waals surface area contributed by atoms with Crippen LogP contribution in [0.5, 0.6) is 0 Å². The topological polar surface area (TPSA) is 24.9 Å². The monoisotopic (exact) mass is 238 g/mol. The van der Waals surface area contributed by atoms with E-state index in [2.05, 4.69) is 46.7 Å². The van der Waals surface area contributed by atoms with Crippen LogP contribution in [0.25, 0.3) is 0 Å². The Morgan fingerprint density at radius 2 is 2.00 bits per heavy atom. The summed E-state index contributed by atoms with van der Waals surface area (Å²) in [5.41, 5.74) is 2.77. The second-order valence-electron chi connectivity index (χ2n) is 4.93. The van der Waals surface area contributed by atoms with Crippen LogP contribution >= 0.6 is 0 Å². The lowest BCUT2D eigenvalue weighted by atomic mass is 9.89. The first-order chi connectivity index (χ1) is 8.93. The van der Waals surface area contributed by atoms with Crippen LogP contribution in [0.2, 0.25) is 0 Å². The lowest BCUT2D eigenvalue weighted by Gasteiger charge is -2.19. The fraction of sp³-hybridized carbons (Fsp3) is 0.312. The first-order valence-corrected chi connectivity index (χ1v) is 6.61. The zero-order chi connectivity index (χ0) is 12.2. The van der Waals surface area contributed by atoms with Crippen LogP contribution in [0, 0.1) is 0 Å². The van der Waals surface area contributed by atoms with Crippen molar-refractivity contribution in [1.82, 2.24) is 10.3 Å². The molecule has 1 aromatic carbocycles. The maximum absolute atomic E-state index is 4.24. The molecule has 1 saturated heterocycles. The molecule has 3 rings (SSSR count). The van der Waals surface area contributed by atoms with Crippen molar-refractivity contribution in [1.29, 1.82) is 0 Å². The average molecular weight is 238 g/mol. The third kappa shape index (κ3) is 2.44. The molecular formula is C16H18N2. The second-order valence-corrected chi connectivity index (χ2v) is 4.93. The number of pyridine rings is 1. The fourth-order valence-electron chi connectivity index (χ4n) is 2.84. The molecule has 2 aromatic rings. The molecule has 2 heteroatoms. The van der Waals surface area contributed by atoms with Crippen LogP contribution in [0.1, 0.15) is 23.5 Å². The molecule has 18 heavy (non-hydrogen) atoms. The Balaban J connectivity index is 1.76. The number of hydrogen-bond acceptors (Lipinski definition) is 2. The molecule has 1 aliphatic heterocycles. The summed E-state index contributed by atoms with van der Waals surface area (Å²) in [6.45, 7) is 1.11. The SMILES string of the molecule is c1ccc(CC2NCCC2c2cccnc2)cc1. The quantitative estimate of drug-likeness (QED) is 0.889. The van der Waals surface area contributed by atoms with Crippen molar-refractivity contribution in [2.24, 2.45) is 0 Å². The van der Waals surface area contributed by atoms with Gasteiger partial charge in [0.1, 0.15) is 0 Å². The summed E-state index contributed by atoms with van der Waals surface area (Å²) < 4.78 is 0. The van der Waals surface area contributed by atoms with E-state index in [1.807, 2.05) is 18.5 Å². The molecule has 2 nitrogen and oxygen atoms in total. The van der Waals surface area contributed by atoms with E-state index in [9.17, 15) is 0 Å². The first kappa shape index (κ1) is 11.4. The third-order valence-corrected chi connectivity index (χ3v) is 3.76. The van der Waals surface area contributed by atoms with Crippen molar-refractivity contribution in [3.05, 3.63) is 66.0 Å². The molecule has 2 atom stereocenters. The number of nitrogens with one attached hydrogen (secondary N) is 1. The van der Waals surface area contributed by atoms with Crippen LogP contribution in [0.15, 0.2) is 54.9 Å². The Hall–Kier alpha value is -1.67. The highest BCUT2D eigenvalue weighted by molar-refractivity contribution is 5.23. The van der Waals surface area contributed by atoms with Gasteiger partial charge in [-0.3, -0.25) is 4.98 Å². The van der Waals surface area contributed by atoms with Gasteiger partial charge in [-0.15, -0.1) is 0 Å². The normalized spacial score (nSPS) is 23.1. The molecule has 1 N–H and O–H groups in total. The van der Waals surface area contributed by atoms with E-state index in [1.54, 1.807) is 0 Å². The van der Waals surface area contributed by atoms with Crippen LogP contribution in [-0.4, -0.2) is 17.6 Å². The van der Waals surface area contributed by atoms with Crippen LogP contribution in [-0.2, 0) is 6.42 Å². The van der Waals surface area contributed by atoms with E-state index in [0.717, 1.165) is 13.0 Å². The van der Waals surface area contributed by atoms with E-state index < -0.39 is 0 Å². The molecule has 1 aromatic heterocycles. The Kier molecular flexibility index (Phi) is 3.37. The predicted octanol–water partition coefficient (Wildman–Crippen LogP) is 2.77. The van der Waals surface area contributed by atoms with Crippen molar-refractivity contribution < 1.29 is 0 Å². The van der Waals surface area contributed by atoms with Gasteiger partial charge in [0.25, 0.3) is 0 Å². The molecule has 0 saturated carbocycles. The number of nitrogens with zero attached hydrogens (tertiary/aromatic N) is 1. The Bertz CT molecular complexity index is 481. The van der Waals surface area contributed by atoms with Gasteiger partial charge in [-0.25, -0.2) is 0 Å². The molecule has 0 bridgehead atoms. The molecule has 2 heterocycles. The summed E-state index contributed by atoms with van der Waals surface area (Å²) in [6, 6.07) is 15.5. The van der Waals surface area contributed by atoms with Crippen molar-refractivity contribution in [3.8, 4) is 0 Å². The minimum Gasteiger partial charge on any atom is -0.313 e. The summed E-state index contributed by atoms with van der Waals surface area (Å²) in [7, 11) is 0. The summed E-state index contributed by atoms with van der Waals surface area (Å²) >= 11 is 0. The highest BCUT2D eigenvalue weighted by Crippen LogP contribution is 2.29. The molecule has 0 radical (unpaired) electrons. The van der Waals surface area contributed by atoms with Gasteiger partial charge in [-0.1, -0.05) is 36.4 Å². The number of benzene rings is 1. The molecule has 0 spiro atoms. The Labute approximate surface area is 108 Å². The maximum atomic E-state index is 4.24. The van der Waals surface area contributed by atoms with E-state index in [0.29, 0.717) is 12.0 Å². The van der Waals surface area contributed by atoms with Crippen LogP contribution in [0.4, 0.5) is 0 Å². The summed E-state index contributed by atoms with van der Waals surface area (Å²) in [5.74, 6) is 0.596. The van der Waals surface area contributed by atoms with Gasteiger partial charge in [0.2, 0.25) is 0 Å². The lowest BCUT2D eigenvalue weighted by Crippen LogP contribution is -2.28. The van der Waals surface area contributed by atoms with Gasteiger partial charge in [0, 0.05) is 24.4 Å². The van der Waals surface area contributed by atoms with Gasteiger partial charge in [-0.2, -0.15) is 0 Å². The van der Waals surface area contributed by atoms with E-state index in [1.165, 1.54) is 17.5 Å². The second kappa shape index (κ2) is 5.32. The molecule has 0 aliphatic carbocycles. The number of rotatable bonds is 3. The molecule has 0 amide bonds. The summed E-state index contributed by atoms with van der Waals surface area (Å²) in [5, 5.41) is 3.63. The van der Waals surface area contributed by atoms with Gasteiger partial charge in [0.15, 0.2) is 0 Å². The number of hydrogen-bond donors (Lipinski definition) is 1. The van der Waals surface area contributed by atoms with Crippen LogP contribution < -0.4 is 5.32 Å². The van der Waals surface area contributed by atoms with Gasteiger partial charge >= 0.3 is 0 Å². The van der Waals surface area contributed by atoms with Gasteiger partial charge in [0.05, 0.1) is 0 Å². The van der Waals surface area contributed by atoms with Crippen molar-refractivity contribution in [3.63, 3.8) is 0 Å². The van der Waals surface area contributed by atoms with E-state index in [4.69, 9.17) is 0 Å². The number of aromatic nitrogens is 1. The minimum absolute atomic E-state index is 0.539. The molecule has 92 valence electrons. The maximum Gasteiger partial charge on any atom is 0.0303 e. The van der Waals surface area contributed by atoms with Crippen molar-refractivity contribution in [2.75, 3.05) is 6.54 Å². The highest BCUT2D eigenvalue weighted by atomic mass is 14.9. The standard InChI is InChI=1S/C16H18N2/c1-2-5-13(6-3-1)11-16-15(8-10-18-16)14-7-4-9-17-12-14/h1-7,9,12,15-16,18H,8,10-11H2. The largest absolute Gasteiger partial charge is 0.313 e. The third-order valence-electron chi connectivity index (χ3n) is 3.76. The van der Waals surface area contributed by atoms with E-state index >= 15 is 0 Å². The van der Waals surface area contributed by atoms with Crippen LogP contribution in [0.3, 0.4) is 0 Å². The fourth-order valence-corrected chi connectivity index (χ4v) is 2.84. The minimum atomic E-state index is 0.539. The lowest BCUT2D eigenvalue weighted by molar-refractivity contribution is 0.543.